The first-order valence-electron chi connectivity index (χ1n) is 7.74. The number of rotatable bonds is 5. The molecule has 2 aromatic rings. The van der Waals surface area contributed by atoms with E-state index in [1.807, 2.05) is 16.8 Å². The highest BCUT2D eigenvalue weighted by molar-refractivity contribution is 5.70. The lowest BCUT2D eigenvalue weighted by Gasteiger charge is -2.11. The standard InChI is InChI=1S/C18H26N2O/c1-12(2)10-16-18(21)17(20(19-16)11-13(3)4)15-9-7-6-8-14(15)5/h6-9,12-13,21H,10-11H2,1-5H3. The Kier molecular flexibility index (Phi) is 4.71. The summed E-state index contributed by atoms with van der Waals surface area (Å²) in [4.78, 5) is 0. The molecule has 1 aromatic carbocycles. The first kappa shape index (κ1) is 15.6. The molecule has 0 bridgehead atoms. The molecule has 21 heavy (non-hydrogen) atoms. The van der Waals surface area contributed by atoms with Gasteiger partial charge in [-0.2, -0.15) is 5.10 Å². The maximum absolute atomic E-state index is 10.7. The molecule has 0 unspecified atom stereocenters. The van der Waals surface area contributed by atoms with Gasteiger partial charge in [0.05, 0.1) is 0 Å². The second kappa shape index (κ2) is 6.33. The van der Waals surface area contributed by atoms with Crippen LogP contribution < -0.4 is 0 Å². The smallest absolute Gasteiger partial charge is 0.164 e. The van der Waals surface area contributed by atoms with Crippen molar-refractivity contribution in [1.29, 1.82) is 0 Å². The molecule has 1 heterocycles. The zero-order valence-electron chi connectivity index (χ0n) is 13.7. The molecule has 0 radical (unpaired) electrons. The molecule has 2 rings (SSSR count). The first-order chi connectivity index (χ1) is 9.90. The topological polar surface area (TPSA) is 38.1 Å². The molecule has 1 N–H and O–H groups in total. The van der Waals surface area contributed by atoms with Crippen LogP contribution in [0, 0.1) is 18.8 Å². The molecular formula is C18H26N2O. The summed E-state index contributed by atoms with van der Waals surface area (Å²) in [5.74, 6) is 1.31. The number of nitrogens with zero attached hydrogens (tertiary/aromatic N) is 2. The van der Waals surface area contributed by atoms with Crippen LogP contribution in [0.2, 0.25) is 0 Å². The molecule has 0 saturated heterocycles. The quantitative estimate of drug-likeness (QED) is 0.883. The van der Waals surface area contributed by atoms with Gasteiger partial charge in [0, 0.05) is 12.1 Å². The van der Waals surface area contributed by atoms with E-state index in [1.165, 1.54) is 0 Å². The lowest BCUT2D eigenvalue weighted by Crippen LogP contribution is -2.08. The van der Waals surface area contributed by atoms with Crippen molar-refractivity contribution in [2.45, 2.75) is 47.6 Å². The lowest BCUT2D eigenvalue weighted by atomic mass is 10.0. The van der Waals surface area contributed by atoms with Gasteiger partial charge >= 0.3 is 0 Å². The van der Waals surface area contributed by atoms with E-state index in [-0.39, 0.29) is 0 Å². The summed E-state index contributed by atoms with van der Waals surface area (Å²) in [6, 6.07) is 8.16. The summed E-state index contributed by atoms with van der Waals surface area (Å²) in [5.41, 5.74) is 3.90. The van der Waals surface area contributed by atoms with Crippen molar-refractivity contribution in [1.82, 2.24) is 9.78 Å². The minimum Gasteiger partial charge on any atom is -0.504 e. The Morgan fingerprint density at radius 3 is 2.33 bits per heavy atom. The minimum absolute atomic E-state index is 0.346. The van der Waals surface area contributed by atoms with E-state index in [0.29, 0.717) is 17.6 Å². The van der Waals surface area contributed by atoms with E-state index >= 15 is 0 Å². The molecule has 0 aliphatic rings. The van der Waals surface area contributed by atoms with Gasteiger partial charge < -0.3 is 5.11 Å². The zero-order chi connectivity index (χ0) is 15.6. The predicted molar refractivity (Wildman–Crippen MR) is 87.4 cm³/mol. The molecule has 3 heteroatoms. The Morgan fingerprint density at radius 1 is 1.10 bits per heavy atom. The average Bonchev–Trinajstić information content (AvgIpc) is 2.65. The van der Waals surface area contributed by atoms with E-state index in [2.05, 4.69) is 51.9 Å². The number of benzene rings is 1. The average molecular weight is 286 g/mol. The van der Waals surface area contributed by atoms with E-state index in [0.717, 1.165) is 35.5 Å². The molecule has 114 valence electrons. The van der Waals surface area contributed by atoms with E-state index < -0.39 is 0 Å². The largest absolute Gasteiger partial charge is 0.504 e. The first-order valence-corrected chi connectivity index (χ1v) is 7.74. The van der Waals surface area contributed by atoms with Crippen molar-refractivity contribution in [3.63, 3.8) is 0 Å². The van der Waals surface area contributed by atoms with Crippen LogP contribution in [0.3, 0.4) is 0 Å². The molecule has 0 spiro atoms. The lowest BCUT2D eigenvalue weighted by molar-refractivity contribution is 0.463. The molecule has 1 aromatic heterocycles. The summed E-state index contributed by atoms with van der Waals surface area (Å²) in [6.45, 7) is 11.5. The van der Waals surface area contributed by atoms with Gasteiger partial charge in [-0.25, -0.2) is 0 Å². The Hall–Kier alpha value is -1.77. The molecular weight excluding hydrogens is 260 g/mol. The molecule has 0 amide bonds. The maximum atomic E-state index is 10.7. The molecule has 0 atom stereocenters. The SMILES string of the molecule is Cc1ccccc1-c1c(O)c(CC(C)C)nn1CC(C)C. The Balaban J connectivity index is 2.56. The van der Waals surface area contributed by atoms with Crippen LogP contribution in [0.15, 0.2) is 24.3 Å². The van der Waals surface area contributed by atoms with E-state index in [9.17, 15) is 5.11 Å². The van der Waals surface area contributed by atoms with Crippen molar-refractivity contribution in [3.05, 3.63) is 35.5 Å². The number of aromatic nitrogens is 2. The van der Waals surface area contributed by atoms with Gasteiger partial charge in [-0.3, -0.25) is 4.68 Å². The Labute approximate surface area is 127 Å². The maximum Gasteiger partial charge on any atom is 0.164 e. The van der Waals surface area contributed by atoms with Crippen molar-refractivity contribution in [2.75, 3.05) is 0 Å². The summed E-state index contributed by atoms with van der Waals surface area (Å²) in [5, 5.41) is 15.3. The monoisotopic (exact) mass is 286 g/mol. The Morgan fingerprint density at radius 2 is 1.76 bits per heavy atom. The third-order valence-electron chi connectivity index (χ3n) is 3.54. The van der Waals surface area contributed by atoms with E-state index in [4.69, 9.17) is 0 Å². The highest BCUT2D eigenvalue weighted by Gasteiger charge is 2.20. The summed E-state index contributed by atoms with van der Waals surface area (Å²) in [7, 11) is 0. The van der Waals surface area contributed by atoms with Crippen LogP contribution in [-0.2, 0) is 13.0 Å². The van der Waals surface area contributed by atoms with Crippen LogP contribution >= 0.6 is 0 Å². The number of hydrogen-bond acceptors (Lipinski definition) is 2. The summed E-state index contributed by atoms with van der Waals surface area (Å²) in [6.07, 6.45) is 0.801. The molecule has 0 aliphatic carbocycles. The predicted octanol–water partition coefficient (Wildman–Crippen LogP) is 4.42. The van der Waals surface area contributed by atoms with Crippen LogP contribution in [0.1, 0.15) is 39.0 Å². The van der Waals surface area contributed by atoms with Crippen LogP contribution in [0.5, 0.6) is 5.75 Å². The van der Waals surface area contributed by atoms with Gasteiger partial charge in [-0.1, -0.05) is 52.0 Å². The van der Waals surface area contributed by atoms with Crippen molar-refractivity contribution in [3.8, 4) is 17.0 Å². The Bertz CT molecular complexity index is 612. The van der Waals surface area contributed by atoms with Gasteiger partial charge in [0.2, 0.25) is 0 Å². The van der Waals surface area contributed by atoms with Crippen molar-refractivity contribution in [2.24, 2.45) is 11.8 Å². The fraction of sp³-hybridized carbons (Fsp3) is 0.500. The zero-order valence-corrected chi connectivity index (χ0v) is 13.7. The molecule has 0 saturated carbocycles. The normalized spacial score (nSPS) is 11.6. The van der Waals surface area contributed by atoms with Gasteiger partial charge in [0.15, 0.2) is 5.75 Å². The highest BCUT2D eigenvalue weighted by Crippen LogP contribution is 2.35. The second-order valence-corrected chi connectivity index (χ2v) is 6.63. The number of aryl methyl sites for hydroxylation is 1. The number of aromatic hydroxyl groups is 1. The highest BCUT2D eigenvalue weighted by atomic mass is 16.3. The van der Waals surface area contributed by atoms with Crippen molar-refractivity contribution >= 4 is 0 Å². The van der Waals surface area contributed by atoms with Gasteiger partial charge in [-0.05, 0) is 30.7 Å². The molecule has 0 aliphatic heterocycles. The van der Waals surface area contributed by atoms with Gasteiger partial charge in [0.25, 0.3) is 0 Å². The minimum atomic E-state index is 0.346. The van der Waals surface area contributed by atoms with Gasteiger partial charge in [0.1, 0.15) is 11.4 Å². The summed E-state index contributed by atoms with van der Waals surface area (Å²) < 4.78 is 1.97. The second-order valence-electron chi connectivity index (χ2n) is 6.63. The van der Waals surface area contributed by atoms with Crippen LogP contribution in [-0.4, -0.2) is 14.9 Å². The third kappa shape index (κ3) is 3.46. The van der Waals surface area contributed by atoms with Crippen LogP contribution in [0.4, 0.5) is 0 Å². The molecule has 0 fully saturated rings. The van der Waals surface area contributed by atoms with Crippen LogP contribution in [0.25, 0.3) is 11.3 Å². The van der Waals surface area contributed by atoms with E-state index in [1.54, 1.807) is 0 Å². The number of hydrogen-bond donors (Lipinski definition) is 1. The fourth-order valence-corrected chi connectivity index (χ4v) is 2.61. The molecule has 3 nitrogen and oxygen atoms in total. The third-order valence-corrected chi connectivity index (χ3v) is 3.54. The summed E-state index contributed by atoms with van der Waals surface area (Å²) >= 11 is 0. The van der Waals surface area contributed by atoms with Gasteiger partial charge in [-0.15, -0.1) is 0 Å². The fourth-order valence-electron chi connectivity index (χ4n) is 2.61. The van der Waals surface area contributed by atoms with Crippen molar-refractivity contribution < 1.29 is 5.11 Å².